The molecule has 0 atom stereocenters. The van der Waals surface area contributed by atoms with Crippen LogP contribution >= 0.6 is 15.9 Å². The van der Waals surface area contributed by atoms with Gasteiger partial charge in [-0.05, 0) is 83.2 Å². The normalized spacial score (nSPS) is 13.6. The van der Waals surface area contributed by atoms with Gasteiger partial charge in [0.05, 0.1) is 18.4 Å². The summed E-state index contributed by atoms with van der Waals surface area (Å²) in [6, 6.07) is 11.7. The largest absolute Gasteiger partial charge is 0.493 e. The third-order valence-corrected chi connectivity index (χ3v) is 7.26. The number of nitrogens with two attached hydrogens (primary N) is 1. The topological polar surface area (TPSA) is 159 Å². The van der Waals surface area contributed by atoms with Gasteiger partial charge in [-0.2, -0.15) is 9.78 Å². The highest BCUT2D eigenvalue weighted by molar-refractivity contribution is 9.10. The highest BCUT2D eigenvalue weighted by atomic mass is 79.9. The average Bonchev–Trinajstić information content (AvgIpc) is 3.71. The molecule has 0 radical (unpaired) electrons. The molecule has 13 nitrogen and oxygen atoms in total. The molecule has 0 unspecified atom stereocenters. The Kier molecular flexibility index (Phi) is 8.89. The monoisotopic (exact) mass is 623 g/mol. The third-order valence-electron chi connectivity index (χ3n) is 6.60. The summed E-state index contributed by atoms with van der Waals surface area (Å²) in [6.07, 6.45) is 3.68. The standard InChI is InChI=1S/C27H30BrN9O4/c1-3-39-23-13-19(40-16-18-9-5-4-8-17(18)2)12-21(28)20(23)14-30-32-27(38)24-22(15-36-10-6-7-11-36)31-35-37(24)26-25(29)33-41-34-26/h4-5,8-9,12-14H,3,6-7,10-11,15-16H2,1-2H3,(H2,29,33)(H,32,38). The molecular weight excluding hydrogens is 594 g/mol. The van der Waals surface area contributed by atoms with Crippen molar-refractivity contribution < 1.29 is 18.9 Å². The zero-order chi connectivity index (χ0) is 28.8. The van der Waals surface area contributed by atoms with Crippen LogP contribution in [-0.4, -0.2) is 62.0 Å². The summed E-state index contributed by atoms with van der Waals surface area (Å²) in [5.41, 5.74) is 11.9. The lowest BCUT2D eigenvalue weighted by molar-refractivity contribution is 0.0945. The van der Waals surface area contributed by atoms with E-state index in [1.165, 1.54) is 10.9 Å². The van der Waals surface area contributed by atoms with Crippen LogP contribution in [0.1, 0.15) is 52.6 Å². The molecule has 1 saturated heterocycles. The molecule has 41 heavy (non-hydrogen) atoms. The minimum absolute atomic E-state index is 0.0183. The molecule has 0 spiro atoms. The molecular formula is C27H30BrN9O4. The lowest BCUT2D eigenvalue weighted by Gasteiger charge is -2.14. The molecule has 0 bridgehead atoms. The van der Waals surface area contributed by atoms with Crippen LogP contribution in [0, 0.1) is 6.92 Å². The van der Waals surface area contributed by atoms with Gasteiger partial charge in [0, 0.05) is 17.1 Å². The van der Waals surface area contributed by atoms with Crippen molar-refractivity contribution in [2.24, 2.45) is 5.10 Å². The van der Waals surface area contributed by atoms with E-state index in [4.69, 9.17) is 19.8 Å². The number of hydrogen-bond acceptors (Lipinski definition) is 11. The van der Waals surface area contributed by atoms with Gasteiger partial charge < -0.3 is 15.2 Å². The number of carbonyl (C=O) groups excluding carboxylic acids is 1. The molecule has 5 rings (SSSR count). The van der Waals surface area contributed by atoms with Crippen molar-refractivity contribution in [1.82, 2.24) is 35.6 Å². The number of hydrazone groups is 1. The van der Waals surface area contributed by atoms with Gasteiger partial charge in [-0.25, -0.2) is 10.1 Å². The number of aromatic nitrogens is 5. The zero-order valence-electron chi connectivity index (χ0n) is 22.7. The summed E-state index contributed by atoms with van der Waals surface area (Å²) in [7, 11) is 0. The molecule has 2 aromatic heterocycles. The number of amides is 1. The second-order valence-corrected chi connectivity index (χ2v) is 10.3. The maximum Gasteiger partial charge on any atom is 0.292 e. The Hall–Kier alpha value is -4.30. The number of likely N-dealkylation sites (tertiary alicyclic amines) is 1. The number of nitrogens with zero attached hydrogens (tertiary/aromatic N) is 7. The number of rotatable bonds is 11. The first-order chi connectivity index (χ1) is 19.9. The third kappa shape index (κ3) is 6.55. The smallest absolute Gasteiger partial charge is 0.292 e. The van der Waals surface area contributed by atoms with Crippen molar-refractivity contribution in [2.45, 2.75) is 39.8 Å². The number of ether oxygens (including phenoxy) is 2. The van der Waals surface area contributed by atoms with Gasteiger partial charge in [0.15, 0.2) is 5.69 Å². The van der Waals surface area contributed by atoms with Crippen LogP contribution in [0.4, 0.5) is 5.82 Å². The SMILES string of the molecule is CCOc1cc(OCc2ccccc2C)cc(Br)c1C=NNC(=O)c1c(CN2CCCC2)nnn1-c1nonc1N. The zero-order valence-corrected chi connectivity index (χ0v) is 24.3. The maximum absolute atomic E-state index is 13.4. The number of carbonyl (C=O) groups is 1. The summed E-state index contributed by atoms with van der Waals surface area (Å²) in [4.78, 5) is 15.6. The second-order valence-electron chi connectivity index (χ2n) is 9.42. The molecule has 0 aliphatic carbocycles. The number of nitrogens with one attached hydrogen (secondary N) is 1. The van der Waals surface area contributed by atoms with Crippen molar-refractivity contribution in [1.29, 1.82) is 0 Å². The van der Waals surface area contributed by atoms with Crippen LogP contribution in [0.25, 0.3) is 5.82 Å². The number of hydrogen-bond donors (Lipinski definition) is 2. The number of nitrogen functional groups attached to an aromatic ring is 1. The highest BCUT2D eigenvalue weighted by Gasteiger charge is 2.27. The molecule has 1 amide bonds. The van der Waals surface area contributed by atoms with E-state index in [1.807, 2.05) is 44.2 Å². The van der Waals surface area contributed by atoms with Crippen LogP contribution in [0.15, 0.2) is 50.6 Å². The average molecular weight is 624 g/mol. The lowest BCUT2D eigenvalue weighted by atomic mass is 10.1. The fraction of sp³-hybridized carbons (Fsp3) is 0.333. The Morgan fingerprint density at radius 2 is 2.02 bits per heavy atom. The van der Waals surface area contributed by atoms with Crippen LogP contribution in [0.5, 0.6) is 11.5 Å². The maximum atomic E-state index is 13.4. The number of aryl methyl sites for hydroxylation is 1. The van der Waals surface area contributed by atoms with Gasteiger partial charge in [0.2, 0.25) is 11.6 Å². The summed E-state index contributed by atoms with van der Waals surface area (Å²) in [5.74, 6) is 0.680. The number of benzene rings is 2. The van der Waals surface area contributed by atoms with E-state index in [9.17, 15) is 4.79 Å². The summed E-state index contributed by atoms with van der Waals surface area (Å²) in [5, 5.41) is 19.9. The lowest BCUT2D eigenvalue weighted by Crippen LogP contribution is -2.26. The Labute approximate surface area is 244 Å². The Bertz CT molecular complexity index is 1550. The Morgan fingerprint density at radius 3 is 2.76 bits per heavy atom. The van der Waals surface area contributed by atoms with Crippen molar-refractivity contribution in [3.8, 4) is 17.3 Å². The van der Waals surface area contributed by atoms with Gasteiger partial charge in [0.1, 0.15) is 23.8 Å². The van der Waals surface area contributed by atoms with Crippen molar-refractivity contribution >= 4 is 33.9 Å². The number of halogens is 1. The van der Waals surface area contributed by atoms with Gasteiger partial charge in [-0.1, -0.05) is 29.5 Å². The molecule has 2 aromatic carbocycles. The molecule has 1 aliphatic heterocycles. The van der Waals surface area contributed by atoms with Crippen LogP contribution in [0.2, 0.25) is 0 Å². The van der Waals surface area contributed by atoms with Gasteiger partial charge in [-0.15, -0.1) is 5.10 Å². The summed E-state index contributed by atoms with van der Waals surface area (Å²) < 4.78 is 18.5. The molecule has 4 aromatic rings. The van der Waals surface area contributed by atoms with E-state index in [0.717, 1.165) is 37.1 Å². The molecule has 3 N–H and O–H groups in total. The minimum Gasteiger partial charge on any atom is -0.493 e. The fourth-order valence-corrected chi connectivity index (χ4v) is 5.00. The van der Waals surface area contributed by atoms with Crippen molar-refractivity contribution in [2.75, 3.05) is 25.4 Å². The molecule has 1 fully saturated rings. The van der Waals surface area contributed by atoms with Gasteiger partial charge in [0.25, 0.3) is 5.91 Å². The molecule has 214 valence electrons. The quantitative estimate of drug-likeness (QED) is 0.186. The summed E-state index contributed by atoms with van der Waals surface area (Å²) >= 11 is 3.59. The second kappa shape index (κ2) is 12.9. The van der Waals surface area contributed by atoms with Gasteiger partial charge >= 0.3 is 0 Å². The van der Waals surface area contributed by atoms with E-state index in [2.05, 4.69) is 52.0 Å². The van der Waals surface area contributed by atoms with E-state index < -0.39 is 5.91 Å². The molecule has 14 heteroatoms. The number of anilines is 1. The molecule has 0 saturated carbocycles. The Morgan fingerprint density at radius 1 is 1.22 bits per heavy atom. The Balaban J connectivity index is 1.35. The van der Waals surface area contributed by atoms with E-state index in [1.54, 1.807) is 6.07 Å². The highest BCUT2D eigenvalue weighted by Crippen LogP contribution is 2.32. The van der Waals surface area contributed by atoms with E-state index in [-0.39, 0.29) is 17.3 Å². The predicted octanol–water partition coefficient (Wildman–Crippen LogP) is 3.64. The van der Waals surface area contributed by atoms with Gasteiger partial charge in [-0.3, -0.25) is 9.69 Å². The predicted molar refractivity (Wildman–Crippen MR) is 154 cm³/mol. The fourth-order valence-electron chi connectivity index (χ4n) is 4.48. The minimum atomic E-state index is -0.546. The first-order valence-electron chi connectivity index (χ1n) is 13.2. The molecule has 3 heterocycles. The summed E-state index contributed by atoms with van der Waals surface area (Å²) in [6.45, 7) is 7.06. The first kappa shape index (κ1) is 28.2. The van der Waals surface area contributed by atoms with Crippen LogP contribution < -0.4 is 20.6 Å². The van der Waals surface area contributed by atoms with E-state index >= 15 is 0 Å². The first-order valence-corrected chi connectivity index (χ1v) is 14.0. The molecule has 1 aliphatic rings. The van der Waals surface area contributed by atoms with Crippen LogP contribution in [-0.2, 0) is 13.2 Å². The van der Waals surface area contributed by atoms with Crippen LogP contribution in [0.3, 0.4) is 0 Å². The van der Waals surface area contributed by atoms with Crippen molar-refractivity contribution in [3.05, 3.63) is 68.9 Å². The van der Waals surface area contributed by atoms with Crippen molar-refractivity contribution in [3.63, 3.8) is 0 Å². The van der Waals surface area contributed by atoms with E-state index in [0.29, 0.717) is 47.0 Å².